The zero-order valence-corrected chi connectivity index (χ0v) is 20.5. The number of carbonyl (C=O) groups is 4. The molecule has 0 aliphatic carbocycles. The van der Waals surface area contributed by atoms with Crippen LogP contribution in [-0.2, 0) is 14.3 Å². The summed E-state index contributed by atoms with van der Waals surface area (Å²) in [5, 5.41) is 17.3. The van der Waals surface area contributed by atoms with Crippen LogP contribution in [0.4, 0.5) is 4.79 Å². The van der Waals surface area contributed by atoms with Crippen LogP contribution >= 0.6 is 0 Å². The monoisotopic (exact) mass is 485 g/mol. The second kappa shape index (κ2) is 14.6. The van der Waals surface area contributed by atoms with Crippen LogP contribution in [0.5, 0.6) is 0 Å². The summed E-state index contributed by atoms with van der Waals surface area (Å²) in [4.78, 5) is 50.4. The molecule has 0 aromatic heterocycles. The van der Waals surface area contributed by atoms with E-state index in [9.17, 15) is 19.2 Å². The van der Waals surface area contributed by atoms with Gasteiger partial charge in [-0.3, -0.25) is 14.4 Å². The highest BCUT2D eigenvalue weighted by Crippen LogP contribution is 2.16. The molecule has 190 valence electrons. The molecule has 0 saturated carbocycles. The van der Waals surface area contributed by atoms with Crippen molar-refractivity contribution in [3.05, 3.63) is 35.4 Å². The molecule has 1 aliphatic heterocycles. The van der Waals surface area contributed by atoms with Gasteiger partial charge in [-0.25, -0.2) is 4.79 Å². The van der Waals surface area contributed by atoms with Crippen LogP contribution < -0.4 is 16.0 Å². The molecule has 4 amide bonds. The number of hydrogen-bond donors (Lipinski definition) is 3. The number of urea groups is 1. The minimum Gasteiger partial charge on any atom is -0.462 e. The Hall–Kier alpha value is -3.61. The van der Waals surface area contributed by atoms with E-state index in [0.717, 1.165) is 12.8 Å². The standard InChI is InChI=1S/C25H35N5O5/c1-3-4-14-27-25(34)29-22(28-24(33)20-10-8-19(17-26)9-11-20)6-5-7-23(32)30-15-12-21(13-16-30)35-18(2)31/h8-11,21-22H,3-7,12-16H2,1-2H3,(H,28,33)(H2,27,29,34). The van der Waals surface area contributed by atoms with Crippen LogP contribution in [-0.4, -0.2) is 60.6 Å². The summed E-state index contributed by atoms with van der Waals surface area (Å²) in [5.41, 5.74) is 0.816. The average Bonchev–Trinajstić information content (AvgIpc) is 2.84. The average molecular weight is 486 g/mol. The third-order valence-electron chi connectivity index (χ3n) is 5.71. The van der Waals surface area contributed by atoms with E-state index in [0.29, 0.717) is 56.4 Å². The Morgan fingerprint density at radius 2 is 1.80 bits per heavy atom. The lowest BCUT2D eigenvalue weighted by molar-refractivity contribution is -0.149. The molecule has 1 aromatic carbocycles. The molecule has 1 heterocycles. The molecular formula is C25H35N5O5. The fourth-order valence-corrected chi connectivity index (χ4v) is 3.78. The Kier molecular flexibility index (Phi) is 11.5. The van der Waals surface area contributed by atoms with Crippen molar-refractivity contribution in [2.45, 2.75) is 71.1 Å². The molecule has 1 saturated heterocycles. The van der Waals surface area contributed by atoms with Crippen molar-refractivity contribution in [1.29, 1.82) is 5.26 Å². The molecule has 0 spiro atoms. The molecule has 0 bridgehead atoms. The van der Waals surface area contributed by atoms with Gasteiger partial charge in [-0.1, -0.05) is 13.3 Å². The zero-order chi connectivity index (χ0) is 25.6. The number of nitrogens with zero attached hydrogens (tertiary/aromatic N) is 2. The lowest BCUT2D eigenvalue weighted by Gasteiger charge is -2.31. The molecule has 10 nitrogen and oxygen atoms in total. The Bertz CT molecular complexity index is 904. The summed E-state index contributed by atoms with van der Waals surface area (Å²) in [6.45, 7) is 5.00. The predicted molar refractivity (Wildman–Crippen MR) is 129 cm³/mol. The summed E-state index contributed by atoms with van der Waals surface area (Å²) >= 11 is 0. The van der Waals surface area contributed by atoms with Crippen molar-refractivity contribution >= 4 is 23.8 Å². The summed E-state index contributed by atoms with van der Waals surface area (Å²) in [7, 11) is 0. The molecule has 0 radical (unpaired) electrons. The van der Waals surface area contributed by atoms with Gasteiger partial charge < -0.3 is 25.6 Å². The Labute approximate surface area is 206 Å². The molecule has 1 aliphatic rings. The second-order valence-electron chi connectivity index (χ2n) is 8.55. The summed E-state index contributed by atoms with van der Waals surface area (Å²) in [6, 6.07) is 7.83. The molecule has 2 rings (SSSR count). The third-order valence-corrected chi connectivity index (χ3v) is 5.71. The van der Waals surface area contributed by atoms with Crippen molar-refractivity contribution in [1.82, 2.24) is 20.9 Å². The molecule has 35 heavy (non-hydrogen) atoms. The normalized spacial score (nSPS) is 14.4. The molecule has 1 unspecified atom stereocenters. The van der Waals surface area contributed by atoms with Gasteiger partial charge in [-0.05, 0) is 43.5 Å². The van der Waals surface area contributed by atoms with Crippen LogP contribution in [0.15, 0.2) is 24.3 Å². The van der Waals surface area contributed by atoms with Gasteiger partial charge in [0.05, 0.1) is 11.6 Å². The highest BCUT2D eigenvalue weighted by Gasteiger charge is 2.24. The van der Waals surface area contributed by atoms with E-state index in [2.05, 4.69) is 16.0 Å². The van der Waals surface area contributed by atoms with Crippen LogP contribution in [0.3, 0.4) is 0 Å². The number of nitrogens with one attached hydrogen (secondary N) is 3. The van der Waals surface area contributed by atoms with E-state index in [1.807, 2.05) is 13.0 Å². The Morgan fingerprint density at radius 1 is 1.11 bits per heavy atom. The van der Waals surface area contributed by atoms with Crippen LogP contribution in [0.2, 0.25) is 0 Å². The number of benzene rings is 1. The van der Waals surface area contributed by atoms with Crippen molar-refractivity contribution in [2.75, 3.05) is 19.6 Å². The highest BCUT2D eigenvalue weighted by atomic mass is 16.5. The van der Waals surface area contributed by atoms with Gasteiger partial charge in [-0.15, -0.1) is 0 Å². The smallest absolute Gasteiger partial charge is 0.316 e. The lowest BCUT2D eigenvalue weighted by atomic mass is 10.1. The van der Waals surface area contributed by atoms with Gasteiger partial charge in [-0.2, -0.15) is 5.26 Å². The summed E-state index contributed by atoms with van der Waals surface area (Å²) in [5.74, 6) is -0.696. The maximum atomic E-state index is 12.7. The molecule has 3 N–H and O–H groups in total. The predicted octanol–water partition coefficient (Wildman–Crippen LogP) is 2.44. The van der Waals surface area contributed by atoms with Gasteiger partial charge in [0.25, 0.3) is 5.91 Å². The van der Waals surface area contributed by atoms with Crippen molar-refractivity contribution in [3.63, 3.8) is 0 Å². The van der Waals surface area contributed by atoms with E-state index < -0.39 is 6.17 Å². The van der Waals surface area contributed by atoms with E-state index in [-0.39, 0.29) is 36.3 Å². The molecule has 1 aromatic rings. The SMILES string of the molecule is CCCCNC(=O)NC(CCCC(=O)N1CCC(OC(C)=O)CC1)NC(=O)c1ccc(C#N)cc1. The quantitative estimate of drug-likeness (QED) is 0.250. The summed E-state index contributed by atoms with van der Waals surface area (Å²) in [6.07, 6.45) is 3.34. The number of esters is 1. The lowest BCUT2D eigenvalue weighted by Crippen LogP contribution is -2.51. The van der Waals surface area contributed by atoms with E-state index >= 15 is 0 Å². The van der Waals surface area contributed by atoms with Crippen molar-refractivity contribution < 1.29 is 23.9 Å². The number of nitriles is 1. The molecule has 1 fully saturated rings. The fourth-order valence-electron chi connectivity index (χ4n) is 3.78. The van der Waals surface area contributed by atoms with Gasteiger partial charge in [0.15, 0.2) is 0 Å². The number of likely N-dealkylation sites (tertiary alicyclic amines) is 1. The van der Waals surface area contributed by atoms with Gasteiger partial charge >= 0.3 is 12.0 Å². The molecule has 10 heteroatoms. The maximum Gasteiger partial charge on any atom is 0.316 e. The number of rotatable bonds is 11. The minimum atomic E-state index is -0.665. The highest BCUT2D eigenvalue weighted by molar-refractivity contribution is 5.94. The number of carbonyl (C=O) groups excluding carboxylic acids is 4. The zero-order valence-electron chi connectivity index (χ0n) is 20.5. The van der Waals surface area contributed by atoms with E-state index in [1.165, 1.54) is 6.92 Å². The van der Waals surface area contributed by atoms with Gasteiger partial charge in [0, 0.05) is 51.4 Å². The van der Waals surface area contributed by atoms with Crippen LogP contribution in [0.25, 0.3) is 0 Å². The largest absolute Gasteiger partial charge is 0.462 e. The van der Waals surface area contributed by atoms with Gasteiger partial charge in [0.1, 0.15) is 12.3 Å². The van der Waals surface area contributed by atoms with Crippen LogP contribution in [0.1, 0.15) is 74.7 Å². The first kappa shape index (κ1) is 27.6. The first-order chi connectivity index (χ1) is 16.8. The first-order valence-electron chi connectivity index (χ1n) is 12.1. The van der Waals surface area contributed by atoms with Crippen molar-refractivity contribution in [3.8, 4) is 6.07 Å². The van der Waals surface area contributed by atoms with E-state index in [1.54, 1.807) is 29.2 Å². The van der Waals surface area contributed by atoms with Crippen molar-refractivity contribution in [2.24, 2.45) is 0 Å². The number of piperidine rings is 1. The fraction of sp³-hybridized carbons (Fsp3) is 0.560. The Balaban J connectivity index is 1.88. The summed E-state index contributed by atoms with van der Waals surface area (Å²) < 4.78 is 5.21. The number of ether oxygens (including phenoxy) is 1. The molecular weight excluding hydrogens is 450 g/mol. The topological polar surface area (TPSA) is 141 Å². The second-order valence-corrected chi connectivity index (χ2v) is 8.55. The Morgan fingerprint density at radius 3 is 2.40 bits per heavy atom. The minimum absolute atomic E-state index is 0.00385. The number of hydrogen-bond acceptors (Lipinski definition) is 6. The van der Waals surface area contributed by atoms with Gasteiger partial charge in [0.2, 0.25) is 5.91 Å². The number of unbranched alkanes of at least 4 members (excludes halogenated alkanes) is 1. The van der Waals surface area contributed by atoms with Crippen LogP contribution in [0, 0.1) is 11.3 Å². The number of amides is 4. The first-order valence-corrected chi connectivity index (χ1v) is 12.1. The third kappa shape index (κ3) is 10.0. The maximum absolute atomic E-state index is 12.7. The van der Waals surface area contributed by atoms with E-state index in [4.69, 9.17) is 10.00 Å². The molecule has 1 atom stereocenters.